The van der Waals surface area contributed by atoms with Gasteiger partial charge in [0.15, 0.2) is 0 Å². The molecule has 0 saturated carbocycles. The summed E-state index contributed by atoms with van der Waals surface area (Å²) in [6.45, 7) is 2.01. The van der Waals surface area contributed by atoms with Crippen LogP contribution in [0.2, 0.25) is 0 Å². The SMILES string of the molecule is COc1ccc(C(CNS(=O)(=O)c2ccccc2F)N2CCCCC2)cc1. The van der Waals surface area contributed by atoms with Gasteiger partial charge in [-0.15, -0.1) is 0 Å². The van der Waals surface area contributed by atoms with Crippen molar-refractivity contribution in [3.05, 3.63) is 59.9 Å². The van der Waals surface area contributed by atoms with E-state index in [1.807, 2.05) is 24.3 Å². The van der Waals surface area contributed by atoms with E-state index in [1.165, 1.54) is 24.6 Å². The monoisotopic (exact) mass is 392 g/mol. The molecule has 0 aliphatic carbocycles. The van der Waals surface area contributed by atoms with Crippen molar-refractivity contribution in [2.24, 2.45) is 0 Å². The molecule has 0 spiro atoms. The zero-order chi connectivity index (χ0) is 19.3. The lowest BCUT2D eigenvalue weighted by Gasteiger charge is -2.35. The van der Waals surface area contributed by atoms with Crippen LogP contribution in [0.15, 0.2) is 53.4 Å². The van der Waals surface area contributed by atoms with Crippen LogP contribution in [0.3, 0.4) is 0 Å². The second-order valence-electron chi connectivity index (χ2n) is 6.67. The number of sulfonamides is 1. The highest BCUT2D eigenvalue weighted by molar-refractivity contribution is 7.89. The first-order valence-electron chi connectivity index (χ1n) is 9.13. The van der Waals surface area contributed by atoms with Gasteiger partial charge in [-0.3, -0.25) is 4.90 Å². The number of piperidine rings is 1. The van der Waals surface area contributed by atoms with Gasteiger partial charge in [-0.1, -0.05) is 30.7 Å². The number of nitrogens with one attached hydrogen (secondary N) is 1. The van der Waals surface area contributed by atoms with Crippen LogP contribution in [0.4, 0.5) is 4.39 Å². The Balaban J connectivity index is 1.81. The third-order valence-corrected chi connectivity index (χ3v) is 6.38. The molecule has 0 aromatic heterocycles. The Hall–Kier alpha value is -1.96. The van der Waals surface area contributed by atoms with Crippen molar-refractivity contribution in [2.45, 2.75) is 30.2 Å². The number of nitrogens with zero attached hydrogens (tertiary/aromatic N) is 1. The summed E-state index contributed by atoms with van der Waals surface area (Å²) in [5.74, 6) is 0.00653. The molecule has 146 valence electrons. The summed E-state index contributed by atoms with van der Waals surface area (Å²) in [6, 6.07) is 13.0. The van der Waals surface area contributed by atoms with E-state index in [1.54, 1.807) is 7.11 Å². The highest BCUT2D eigenvalue weighted by atomic mass is 32.2. The average molecular weight is 392 g/mol. The van der Waals surface area contributed by atoms with Gasteiger partial charge in [0.2, 0.25) is 10.0 Å². The quantitative estimate of drug-likeness (QED) is 0.785. The molecule has 1 fully saturated rings. The van der Waals surface area contributed by atoms with Crippen LogP contribution in [0.25, 0.3) is 0 Å². The molecule has 1 heterocycles. The first-order chi connectivity index (χ1) is 13.0. The normalized spacial score (nSPS) is 16.8. The number of likely N-dealkylation sites (tertiary alicyclic amines) is 1. The summed E-state index contributed by atoms with van der Waals surface area (Å²) in [7, 11) is -2.31. The van der Waals surface area contributed by atoms with E-state index in [9.17, 15) is 12.8 Å². The van der Waals surface area contributed by atoms with Gasteiger partial charge in [0.25, 0.3) is 0 Å². The Morgan fingerprint density at radius 1 is 1.07 bits per heavy atom. The predicted octanol–water partition coefficient (Wildman–Crippen LogP) is 3.34. The lowest BCUT2D eigenvalue weighted by Crippen LogP contribution is -2.40. The van der Waals surface area contributed by atoms with Crippen LogP contribution in [-0.4, -0.2) is 40.1 Å². The highest BCUT2D eigenvalue weighted by Gasteiger charge is 2.26. The Bertz CT molecular complexity index is 850. The van der Waals surface area contributed by atoms with Crippen molar-refractivity contribution >= 4 is 10.0 Å². The fourth-order valence-corrected chi connectivity index (χ4v) is 4.56. The third-order valence-electron chi connectivity index (χ3n) is 4.92. The maximum absolute atomic E-state index is 13.9. The molecule has 0 amide bonds. The van der Waals surface area contributed by atoms with Gasteiger partial charge >= 0.3 is 0 Å². The maximum atomic E-state index is 13.9. The van der Waals surface area contributed by atoms with Crippen LogP contribution in [0.5, 0.6) is 5.75 Å². The molecule has 2 aromatic carbocycles. The highest BCUT2D eigenvalue weighted by Crippen LogP contribution is 2.26. The lowest BCUT2D eigenvalue weighted by atomic mass is 10.0. The molecule has 1 N–H and O–H groups in total. The molecule has 27 heavy (non-hydrogen) atoms. The minimum atomic E-state index is -3.92. The van der Waals surface area contributed by atoms with Gasteiger partial charge in [-0.2, -0.15) is 0 Å². The zero-order valence-corrected chi connectivity index (χ0v) is 16.2. The molecular formula is C20H25FN2O3S. The number of ether oxygens (including phenoxy) is 1. The topological polar surface area (TPSA) is 58.6 Å². The first kappa shape index (κ1) is 19.8. The molecule has 7 heteroatoms. The Morgan fingerprint density at radius 2 is 1.74 bits per heavy atom. The van der Waals surface area contributed by atoms with Gasteiger partial charge in [-0.05, 0) is 55.8 Å². The minimum Gasteiger partial charge on any atom is -0.497 e. The summed E-state index contributed by atoms with van der Waals surface area (Å²) in [6.07, 6.45) is 3.37. The molecule has 3 rings (SSSR count). The standard InChI is InChI=1S/C20H25FN2O3S/c1-26-17-11-9-16(10-12-17)19(23-13-5-2-6-14-23)15-22-27(24,25)20-8-4-3-7-18(20)21/h3-4,7-12,19,22H,2,5-6,13-15H2,1H3. The molecule has 1 unspecified atom stereocenters. The van der Waals surface area contributed by atoms with Crippen molar-refractivity contribution in [3.8, 4) is 5.75 Å². The number of rotatable bonds is 7. The minimum absolute atomic E-state index is 0.113. The van der Waals surface area contributed by atoms with E-state index in [2.05, 4.69) is 9.62 Å². The Labute approximate surface area is 160 Å². The lowest BCUT2D eigenvalue weighted by molar-refractivity contribution is 0.164. The maximum Gasteiger partial charge on any atom is 0.243 e. The number of hydrogen-bond donors (Lipinski definition) is 1. The second-order valence-corrected chi connectivity index (χ2v) is 8.40. The fourth-order valence-electron chi connectivity index (χ4n) is 3.44. The number of hydrogen-bond acceptors (Lipinski definition) is 4. The van der Waals surface area contributed by atoms with Crippen molar-refractivity contribution in [1.29, 1.82) is 0 Å². The van der Waals surface area contributed by atoms with Crippen LogP contribution in [0.1, 0.15) is 30.9 Å². The van der Waals surface area contributed by atoms with Crippen molar-refractivity contribution < 1.29 is 17.5 Å². The summed E-state index contributed by atoms with van der Waals surface area (Å²) in [5.41, 5.74) is 1.01. The van der Waals surface area contributed by atoms with Gasteiger partial charge in [0.1, 0.15) is 16.5 Å². The van der Waals surface area contributed by atoms with E-state index < -0.39 is 15.8 Å². The first-order valence-corrected chi connectivity index (χ1v) is 10.6. The number of halogens is 1. The van der Waals surface area contributed by atoms with Crippen molar-refractivity contribution in [1.82, 2.24) is 9.62 Å². The molecule has 1 saturated heterocycles. The third kappa shape index (κ3) is 4.86. The predicted molar refractivity (Wildman–Crippen MR) is 103 cm³/mol. The number of benzene rings is 2. The molecule has 1 aliphatic heterocycles. The van der Waals surface area contributed by atoms with E-state index in [-0.39, 0.29) is 17.5 Å². The van der Waals surface area contributed by atoms with Gasteiger partial charge in [-0.25, -0.2) is 17.5 Å². The van der Waals surface area contributed by atoms with Crippen LogP contribution in [-0.2, 0) is 10.0 Å². The van der Waals surface area contributed by atoms with Gasteiger partial charge in [0.05, 0.1) is 7.11 Å². The van der Waals surface area contributed by atoms with Gasteiger partial charge < -0.3 is 4.74 Å². The molecular weight excluding hydrogens is 367 g/mol. The molecule has 2 aromatic rings. The summed E-state index contributed by atoms with van der Waals surface area (Å²) < 4.78 is 46.9. The summed E-state index contributed by atoms with van der Waals surface area (Å²) >= 11 is 0. The zero-order valence-electron chi connectivity index (χ0n) is 15.4. The summed E-state index contributed by atoms with van der Waals surface area (Å²) in [5, 5.41) is 0. The van der Waals surface area contributed by atoms with Crippen LogP contribution < -0.4 is 9.46 Å². The van der Waals surface area contributed by atoms with Crippen molar-refractivity contribution in [2.75, 3.05) is 26.7 Å². The molecule has 0 bridgehead atoms. The molecule has 1 aliphatic rings. The number of methoxy groups -OCH3 is 1. The van der Waals surface area contributed by atoms with Crippen molar-refractivity contribution in [3.63, 3.8) is 0 Å². The Morgan fingerprint density at radius 3 is 2.37 bits per heavy atom. The van der Waals surface area contributed by atoms with Gasteiger partial charge in [0, 0.05) is 12.6 Å². The van der Waals surface area contributed by atoms with E-state index in [0.29, 0.717) is 0 Å². The average Bonchev–Trinajstić information content (AvgIpc) is 2.69. The Kier molecular flexibility index (Phi) is 6.46. The fraction of sp³-hybridized carbons (Fsp3) is 0.400. The van der Waals surface area contributed by atoms with Crippen LogP contribution >= 0.6 is 0 Å². The van der Waals surface area contributed by atoms with E-state index in [0.717, 1.165) is 43.3 Å². The smallest absolute Gasteiger partial charge is 0.243 e. The van der Waals surface area contributed by atoms with E-state index >= 15 is 0 Å². The molecule has 0 radical (unpaired) electrons. The second kappa shape index (κ2) is 8.82. The molecule has 1 atom stereocenters. The van der Waals surface area contributed by atoms with E-state index in [4.69, 9.17) is 4.74 Å². The molecule has 5 nitrogen and oxygen atoms in total. The van der Waals surface area contributed by atoms with Crippen LogP contribution in [0, 0.1) is 5.82 Å². The largest absolute Gasteiger partial charge is 0.497 e. The summed E-state index contributed by atoms with van der Waals surface area (Å²) in [4.78, 5) is 1.96.